The Morgan fingerprint density at radius 2 is 1.57 bits per heavy atom. The van der Waals surface area contributed by atoms with E-state index in [9.17, 15) is 0 Å². The summed E-state index contributed by atoms with van der Waals surface area (Å²) in [5, 5.41) is 2.88. The van der Waals surface area contributed by atoms with Crippen molar-refractivity contribution in [2.24, 2.45) is 5.92 Å². The van der Waals surface area contributed by atoms with Crippen LogP contribution in [0, 0.1) is 12.0 Å². The molecule has 0 spiro atoms. The van der Waals surface area contributed by atoms with E-state index in [-0.39, 0.29) is 58.9 Å². The van der Waals surface area contributed by atoms with Crippen molar-refractivity contribution in [1.29, 1.82) is 0 Å². The van der Waals surface area contributed by atoms with Crippen LogP contribution in [0.2, 0.25) is 0 Å². The number of hydrogen-bond donors (Lipinski definition) is 0. The predicted octanol–water partition coefficient (Wildman–Crippen LogP) is -4.48. The first kappa shape index (κ1) is 28.0. The molecule has 2 aliphatic carbocycles. The Bertz CT molecular complexity index is 743. The van der Waals surface area contributed by atoms with Gasteiger partial charge in [-0.1, -0.05) is 93.0 Å². The van der Waals surface area contributed by atoms with Crippen LogP contribution >= 0.6 is 0 Å². The van der Waals surface area contributed by atoms with Crippen LogP contribution in [0.15, 0.2) is 54.1 Å². The summed E-state index contributed by atoms with van der Waals surface area (Å²) in [6.45, 7) is 2.29. The van der Waals surface area contributed by atoms with Crippen molar-refractivity contribution in [3.8, 4) is 0 Å². The van der Waals surface area contributed by atoms with E-state index in [1.807, 2.05) is 0 Å². The topological polar surface area (TPSA) is 0 Å². The normalized spacial score (nSPS) is 17.8. The molecule has 1 atom stereocenters. The molecule has 0 aliphatic heterocycles. The van der Waals surface area contributed by atoms with E-state index < -0.39 is 0 Å². The number of hydrogen-bond acceptors (Lipinski definition) is 0. The van der Waals surface area contributed by atoms with Gasteiger partial charge in [-0.15, -0.1) is 23.3 Å². The Hall–Kier alpha value is -0.0188. The summed E-state index contributed by atoms with van der Waals surface area (Å²) in [6, 6.07) is 17.8. The molecule has 0 aromatic heterocycles. The van der Waals surface area contributed by atoms with Crippen LogP contribution in [0.25, 0.3) is 0 Å². The molecular formula is C23H25Cl3SiTi. The second-order valence-electron chi connectivity index (χ2n) is 7.36. The molecule has 5 heteroatoms. The minimum Gasteiger partial charge on any atom is -1.00 e. The maximum Gasteiger partial charge on any atom is 4.00 e. The first-order chi connectivity index (χ1) is 11.8. The minimum absolute atomic E-state index is 0. The van der Waals surface area contributed by atoms with E-state index >= 15 is 0 Å². The van der Waals surface area contributed by atoms with Crippen LogP contribution in [-0.4, -0.2) is 9.52 Å². The molecule has 1 unspecified atom stereocenters. The van der Waals surface area contributed by atoms with Crippen LogP contribution < -0.4 is 47.6 Å². The molecule has 28 heavy (non-hydrogen) atoms. The Morgan fingerprint density at radius 3 is 2.25 bits per heavy atom. The van der Waals surface area contributed by atoms with Crippen LogP contribution in [0.5, 0.6) is 0 Å². The standard InChI is InChI=1S/C23H25Si.3ClH.Ti/c1-17-15-22-20(21(17)16-18-9-4-2-5-10-18)13-8-14-23(22)24-19-11-6-3-7-12-19;;;;/h3,6-8,11-14,18,21H,2,4-5,9-10,16H2,1H3;3*1H;/q-1;;;;+4/p-3. The summed E-state index contributed by atoms with van der Waals surface area (Å²) in [5.41, 5.74) is 4.40. The summed E-state index contributed by atoms with van der Waals surface area (Å²) in [4.78, 5) is 0. The Balaban J connectivity index is 0.00000182. The molecule has 2 aromatic carbocycles. The second kappa shape index (κ2) is 13.3. The van der Waals surface area contributed by atoms with Gasteiger partial charge in [-0.05, 0) is 5.92 Å². The molecule has 2 aliphatic rings. The van der Waals surface area contributed by atoms with E-state index in [1.165, 1.54) is 60.0 Å². The van der Waals surface area contributed by atoms with Gasteiger partial charge in [0.15, 0.2) is 0 Å². The molecule has 4 rings (SSSR count). The molecule has 146 valence electrons. The van der Waals surface area contributed by atoms with Gasteiger partial charge in [-0.3, -0.25) is 0 Å². The molecule has 0 bridgehead atoms. The van der Waals surface area contributed by atoms with Crippen LogP contribution in [-0.2, 0) is 21.7 Å². The Labute approximate surface area is 206 Å². The van der Waals surface area contributed by atoms with Gasteiger partial charge in [-0.2, -0.15) is 16.8 Å². The van der Waals surface area contributed by atoms with Crippen molar-refractivity contribution < 1.29 is 58.9 Å². The zero-order valence-electron chi connectivity index (χ0n) is 16.2. The number of benzene rings is 2. The van der Waals surface area contributed by atoms with Crippen molar-refractivity contribution in [3.05, 3.63) is 71.3 Å². The number of rotatable bonds is 4. The summed E-state index contributed by atoms with van der Waals surface area (Å²) in [6.07, 6.45) is 12.3. The largest absolute Gasteiger partial charge is 4.00 e. The van der Waals surface area contributed by atoms with Crippen LogP contribution in [0.4, 0.5) is 0 Å². The van der Waals surface area contributed by atoms with Crippen molar-refractivity contribution in [3.63, 3.8) is 0 Å². The van der Waals surface area contributed by atoms with Crippen molar-refractivity contribution in [2.75, 3.05) is 0 Å². The predicted molar refractivity (Wildman–Crippen MR) is 103 cm³/mol. The molecular weight excluding hydrogens is 459 g/mol. The Kier molecular flexibility index (Phi) is 13.3. The fourth-order valence-electron chi connectivity index (χ4n) is 4.36. The average Bonchev–Trinajstić information content (AvgIpc) is 2.94. The smallest absolute Gasteiger partial charge is 1.00 e. The third-order valence-electron chi connectivity index (χ3n) is 5.66. The fraction of sp³-hybridized carbons (Fsp3) is 0.391. The third kappa shape index (κ3) is 6.49. The molecule has 0 heterocycles. The number of fused-ring (bicyclic) bond motifs is 1. The summed E-state index contributed by atoms with van der Waals surface area (Å²) in [7, 11) is 0.730. The molecule has 0 N–H and O–H groups in total. The SMILES string of the molecule is CC1=[C-]c2c([Si]c3ccccc3)cccc2C1CC1CCCCC1.[Cl-].[Cl-].[Cl-].[Ti+4]. The van der Waals surface area contributed by atoms with E-state index in [4.69, 9.17) is 0 Å². The second-order valence-corrected chi connectivity index (χ2v) is 8.73. The number of halogens is 3. The van der Waals surface area contributed by atoms with Crippen molar-refractivity contribution >= 4 is 19.9 Å². The van der Waals surface area contributed by atoms with Gasteiger partial charge in [0.05, 0.1) is 0 Å². The summed E-state index contributed by atoms with van der Waals surface area (Å²) in [5.74, 6) is 1.54. The first-order valence-electron chi connectivity index (χ1n) is 9.37. The van der Waals surface area contributed by atoms with Gasteiger partial charge in [0, 0.05) is 9.52 Å². The molecule has 0 amide bonds. The van der Waals surface area contributed by atoms with Crippen LogP contribution in [0.1, 0.15) is 62.5 Å². The Morgan fingerprint density at radius 1 is 0.893 bits per heavy atom. The van der Waals surface area contributed by atoms with Gasteiger partial charge >= 0.3 is 21.7 Å². The third-order valence-corrected chi connectivity index (χ3v) is 6.97. The molecule has 0 nitrogen and oxygen atoms in total. The van der Waals surface area contributed by atoms with Gasteiger partial charge in [-0.25, -0.2) is 0 Å². The van der Waals surface area contributed by atoms with Gasteiger partial charge < -0.3 is 37.2 Å². The van der Waals surface area contributed by atoms with Gasteiger partial charge in [0.25, 0.3) is 0 Å². The summed E-state index contributed by atoms with van der Waals surface area (Å²) < 4.78 is 0. The molecule has 1 fully saturated rings. The molecule has 2 radical (unpaired) electrons. The molecule has 0 saturated heterocycles. The van der Waals surface area contributed by atoms with Crippen LogP contribution in [0.3, 0.4) is 0 Å². The number of allylic oxidation sites excluding steroid dienone is 1. The van der Waals surface area contributed by atoms with E-state index in [0.717, 1.165) is 15.4 Å². The zero-order chi connectivity index (χ0) is 16.4. The van der Waals surface area contributed by atoms with Gasteiger partial charge in [0.2, 0.25) is 0 Å². The maximum atomic E-state index is 3.75. The van der Waals surface area contributed by atoms with Gasteiger partial charge in [0.1, 0.15) is 0 Å². The maximum absolute atomic E-state index is 3.75. The first-order valence-corrected chi connectivity index (χ1v) is 10.4. The van der Waals surface area contributed by atoms with E-state index in [0.29, 0.717) is 5.92 Å². The summed E-state index contributed by atoms with van der Waals surface area (Å²) >= 11 is 0. The van der Waals surface area contributed by atoms with Crippen molar-refractivity contribution in [1.82, 2.24) is 0 Å². The zero-order valence-corrected chi connectivity index (χ0v) is 21.0. The molecule has 2 aromatic rings. The van der Waals surface area contributed by atoms with E-state index in [1.54, 1.807) is 5.56 Å². The average molecular weight is 484 g/mol. The quantitative estimate of drug-likeness (QED) is 0.304. The minimum atomic E-state index is 0. The molecule has 1 saturated carbocycles. The fourth-order valence-corrected chi connectivity index (χ4v) is 5.54. The van der Waals surface area contributed by atoms with E-state index in [2.05, 4.69) is 61.5 Å². The monoisotopic (exact) mass is 482 g/mol. The van der Waals surface area contributed by atoms with Crippen molar-refractivity contribution in [2.45, 2.75) is 51.4 Å².